The summed E-state index contributed by atoms with van der Waals surface area (Å²) in [4.78, 5) is 2.41. The van der Waals surface area contributed by atoms with E-state index in [2.05, 4.69) is 170 Å². The minimum Gasteiger partial charge on any atom is -0.456 e. The average molecular weight is 628 g/mol. The van der Waals surface area contributed by atoms with E-state index in [4.69, 9.17) is 4.42 Å². The molecule has 2 nitrogen and oxygen atoms in total. The zero-order chi connectivity index (χ0) is 32.7. The van der Waals surface area contributed by atoms with Gasteiger partial charge in [-0.25, -0.2) is 0 Å². The number of para-hydroxylation sites is 1. The van der Waals surface area contributed by atoms with Crippen LogP contribution in [0.25, 0.3) is 65.7 Å². The number of fused-ring (bicyclic) bond motifs is 9. The Morgan fingerprint density at radius 2 is 1.04 bits per heavy atom. The molecule has 0 N–H and O–H groups in total. The second-order valence-corrected chi connectivity index (χ2v) is 13.8. The normalized spacial score (nSPS) is 13.3. The molecule has 0 fully saturated rings. The van der Waals surface area contributed by atoms with Crippen LogP contribution >= 0.6 is 0 Å². The number of furan rings is 1. The third-order valence-corrected chi connectivity index (χ3v) is 10.6. The second-order valence-electron chi connectivity index (χ2n) is 13.8. The molecule has 0 aliphatic heterocycles. The molecule has 1 aliphatic rings. The fraction of sp³-hybridized carbons (Fsp3) is 0.0638. The van der Waals surface area contributed by atoms with E-state index in [-0.39, 0.29) is 5.41 Å². The molecule has 2 heteroatoms. The topological polar surface area (TPSA) is 16.4 Å². The van der Waals surface area contributed by atoms with Gasteiger partial charge in [0.1, 0.15) is 11.2 Å². The van der Waals surface area contributed by atoms with Crippen LogP contribution in [-0.2, 0) is 5.41 Å². The third-order valence-electron chi connectivity index (χ3n) is 10.6. The van der Waals surface area contributed by atoms with Crippen LogP contribution in [0, 0.1) is 0 Å². The van der Waals surface area contributed by atoms with Crippen LogP contribution in [0.1, 0.15) is 25.0 Å². The summed E-state index contributed by atoms with van der Waals surface area (Å²) < 4.78 is 6.35. The molecular weight excluding hydrogens is 595 g/mol. The molecule has 10 rings (SSSR count). The van der Waals surface area contributed by atoms with Crippen molar-refractivity contribution in [3.05, 3.63) is 175 Å². The smallest absolute Gasteiger partial charge is 0.136 e. The van der Waals surface area contributed by atoms with Crippen LogP contribution < -0.4 is 4.90 Å². The highest BCUT2D eigenvalue weighted by Gasteiger charge is 2.35. The molecule has 0 unspecified atom stereocenters. The van der Waals surface area contributed by atoms with E-state index in [1.165, 1.54) is 54.9 Å². The number of hydrogen-bond acceptors (Lipinski definition) is 2. The predicted molar refractivity (Wildman–Crippen MR) is 206 cm³/mol. The molecule has 232 valence electrons. The van der Waals surface area contributed by atoms with Crippen LogP contribution in [0.5, 0.6) is 0 Å². The summed E-state index contributed by atoms with van der Waals surface area (Å²) in [6.07, 6.45) is 0. The van der Waals surface area contributed by atoms with Gasteiger partial charge in [-0.05, 0) is 110 Å². The van der Waals surface area contributed by atoms with Crippen molar-refractivity contribution in [3.8, 4) is 22.3 Å². The molecule has 0 bridgehead atoms. The van der Waals surface area contributed by atoms with Crippen LogP contribution in [-0.4, -0.2) is 0 Å². The van der Waals surface area contributed by atoms with E-state index >= 15 is 0 Å². The summed E-state index contributed by atoms with van der Waals surface area (Å²) in [6, 6.07) is 59.6. The minimum atomic E-state index is -0.0949. The van der Waals surface area contributed by atoms with Crippen molar-refractivity contribution in [2.75, 3.05) is 4.90 Å². The highest BCUT2D eigenvalue weighted by molar-refractivity contribution is 6.16. The maximum absolute atomic E-state index is 6.35. The molecule has 0 amide bonds. The summed E-state index contributed by atoms with van der Waals surface area (Å²) >= 11 is 0. The molecule has 1 heterocycles. The van der Waals surface area contributed by atoms with E-state index in [1.54, 1.807) is 0 Å². The first-order chi connectivity index (χ1) is 24.0. The Balaban J connectivity index is 1.18. The molecule has 0 radical (unpaired) electrons. The van der Waals surface area contributed by atoms with Crippen molar-refractivity contribution >= 4 is 60.5 Å². The first-order valence-electron chi connectivity index (χ1n) is 17.0. The zero-order valence-electron chi connectivity index (χ0n) is 27.4. The maximum atomic E-state index is 6.35. The lowest BCUT2D eigenvalue weighted by atomic mass is 9.82. The Kier molecular flexibility index (Phi) is 5.95. The lowest BCUT2D eigenvalue weighted by molar-refractivity contribution is 0.660. The van der Waals surface area contributed by atoms with Gasteiger partial charge < -0.3 is 9.32 Å². The van der Waals surface area contributed by atoms with E-state index in [0.29, 0.717) is 0 Å². The van der Waals surface area contributed by atoms with Crippen molar-refractivity contribution in [1.82, 2.24) is 0 Å². The van der Waals surface area contributed by atoms with Crippen molar-refractivity contribution in [1.29, 1.82) is 0 Å². The van der Waals surface area contributed by atoms with Gasteiger partial charge in [-0.3, -0.25) is 0 Å². The van der Waals surface area contributed by atoms with E-state index in [9.17, 15) is 0 Å². The molecule has 1 aliphatic carbocycles. The quantitative estimate of drug-likeness (QED) is 0.181. The fourth-order valence-electron chi connectivity index (χ4n) is 8.11. The Morgan fingerprint density at radius 1 is 0.408 bits per heavy atom. The lowest BCUT2D eigenvalue weighted by Crippen LogP contribution is -2.16. The lowest BCUT2D eigenvalue weighted by Gasteiger charge is -2.28. The number of rotatable bonds is 4. The number of nitrogens with zero attached hydrogens (tertiary/aromatic N) is 1. The van der Waals surface area contributed by atoms with Gasteiger partial charge in [-0.2, -0.15) is 0 Å². The van der Waals surface area contributed by atoms with E-state index in [0.717, 1.165) is 39.0 Å². The van der Waals surface area contributed by atoms with Gasteiger partial charge in [0, 0.05) is 33.2 Å². The van der Waals surface area contributed by atoms with Crippen molar-refractivity contribution in [2.24, 2.45) is 0 Å². The van der Waals surface area contributed by atoms with Crippen LogP contribution in [0.2, 0.25) is 0 Å². The maximum Gasteiger partial charge on any atom is 0.136 e. The van der Waals surface area contributed by atoms with E-state index < -0.39 is 0 Å². The van der Waals surface area contributed by atoms with Gasteiger partial charge in [-0.1, -0.05) is 123 Å². The Labute approximate surface area is 285 Å². The van der Waals surface area contributed by atoms with Crippen molar-refractivity contribution in [2.45, 2.75) is 19.3 Å². The van der Waals surface area contributed by atoms with Gasteiger partial charge in [0.25, 0.3) is 0 Å². The molecule has 0 spiro atoms. The zero-order valence-corrected chi connectivity index (χ0v) is 27.4. The summed E-state index contributed by atoms with van der Waals surface area (Å²) in [5.41, 5.74) is 12.9. The SMILES string of the molecule is CC1(C)c2ccccc2-c2ccc(N(c3ccc(-c4ccccc4)cc3)c3ccc4ccc5cc6c(cc5c4c3)oc3ccccc36)cc21. The Bertz CT molecular complexity index is 2730. The van der Waals surface area contributed by atoms with Crippen LogP contribution in [0.3, 0.4) is 0 Å². The van der Waals surface area contributed by atoms with Crippen LogP contribution in [0.4, 0.5) is 17.1 Å². The van der Waals surface area contributed by atoms with Gasteiger partial charge in [0.15, 0.2) is 0 Å². The summed E-state index contributed by atoms with van der Waals surface area (Å²) in [5, 5.41) is 7.12. The molecule has 9 aromatic rings. The van der Waals surface area contributed by atoms with Gasteiger partial charge in [-0.15, -0.1) is 0 Å². The second kappa shape index (κ2) is 10.4. The number of anilines is 3. The predicted octanol–water partition coefficient (Wildman–Crippen LogP) is 13.3. The molecular formula is C47H33NO. The molecule has 0 atom stereocenters. The standard InChI is InChI=1S/C47H33NO/c1-47(2)43-14-8-6-12-37(43)38-25-24-36(28-44(38)47)48(34-21-18-31(19-22-34)30-10-4-3-5-11-30)35-23-20-32-16-17-33-26-42-39-13-7-9-15-45(39)49-46(42)29-41(33)40(32)27-35/h3-29H,1-2H3. The molecule has 8 aromatic carbocycles. The summed E-state index contributed by atoms with van der Waals surface area (Å²) in [5.74, 6) is 0. The highest BCUT2D eigenvalue weighted by Crippen LogP contribution is 2.51. The molecule has 0 saturated heterocycles. The molecule has 0 saturated carbocycles. The van der Waals surface area contributed by atoms with Gasteiger partial charge in [0.05, 0.1) is 0 Å². The molecule has 1 aromatic heterocycles. The van der Waals surface area contributed by atoms with Crippen molar-refractivity contribution < 1.29 is 4.42 Å². The number of benzene rings is 8. The van der Waals surface area contributed by atoms with Crippen LogP contribution in [0.15, 0.2) is 168 Å². The Morgan fingerprint density at radius 3 is 1.92 bits per heavy atom. The summed E-state index contributed by atoms with van der Waals surface area (Å²) in [7, 11) is 0. The average Bonchev–Trinajstić information content (AvgIpc) is 3.62. The molecule has 49 heavy (non-hydrogen) atoms. The highest BCUT2D eigenvalue weighted by atomic mass is 16.3. The summed E-state index contributed by atoms with van der Waals surface area (Å²) in [6.45, 7) is 4.70. The fourth-order valence-corrected chi connectivity index (χ4v) is 8.11. The largest absolute Gasteiger partial charge is 0.456 e. The monoisotopic (exact) mass is 627 g/mol. The minimum absolute atomic E-state index is 0.0949. The third kappa shape index (κ3) is 4.27. The first-order valence-corrected chi connectivity index (χ1v) is 17.0. The number of hydrogen-bond donors (Lipinski definition) is 0. The van der Waals surface area contributed by atoms with Crippen molar-refractivity contribution in [3.63, 3.8) is 0 Å². The first kappa shape index (κ1) is 27.9. The Hall–Kier alpha value is -6.12. The van der Waals surface area contributed by atoms with E-state index in [1.807, 2.05) is 12.1 Å². The van der Waals surface area contributed by atoms with Gasteiger partial charge in [0.2, 0.25) is 0 Å². The van der Waals surface area contributed by atoms with Gasteiger partial charge >= 0.3 is 0 Å².